The number of aromatic nitrogens is 2. The summed E-state index contributed by atoms with van der Waals surface area (Å²) in [6.07, 6.45) is 5.79. The minimum Gasteiger partial charge on any atom is -0.496 e. The molecule has 2 heterocycles. The molecule has 33 heavy (non-hydrogen) atoms. The second-order valence-corrected chi connectivity index (χ2v) is 8.08. The average molecular weight is 447 g/mol. The van der Waals surface area contributed by atoms with Crippen molar-refractivity contribution in [2.24, 2.45) is 5.92 Å². The Balaban J connectivity index is 1.34. The highest BCUT2D eigenvalue weighted by Gasteiger charge is 2.27. The number of para-hydroxylation sites is 1. The zero-order valence-corrected chi connectivity index (χ0v) is 19.2. The summed E-state index contributed by atoms with van der Waals surface area (Å²) in [6.45, 7) is 4.02. The molecule has 0 saturated carbocycles. The number of carbonyl (C=O) groups is 1. The summed E-state index contributed by atoms with van der Waals surface area (Å²) in [5.41, 5.74) is 2.23. The van der Waals surface area contributed by atoms with Crippen LogP contribution in [0.25, 0.3) is 0 Å². The van der Waals surface area contributed by atoms with Gasteiger partial charge in [0.2, 0.25) is 5.91 Å². The van der Waals surface area contributed by atoms with Gasteiger partial charge in [-0.05, 0) is 43.0 Å². The number of carbonyl (C=O) groups excluding carboxylic acids is 1. The van der Waals surface area contributed by atoms with Gasteiger partial charge in [-0.25, -0.2) is 9.97 Å². The summed E-state index contributed by atoms with van der Waals surface area (Å²) in [7, 11) is 1.64. The fraction of sp³-hybridized carbons (Fsp3) is 0.346. The third-order valence-corrected chi connectivity index (χ3v) is 6.00. The molecule has 1 aliphatic heterocycles. The monoisotopic (exact) mass is 446 g/mol. The van der Waals surface area contributed by atoms with Gasteiger partial charge in [0.25, 0.3) is 5.88 Å². The molecule has 0 unspecified atom stereocenters. The molecule has 1 N–H and O–H groups in total. The van der Waals surface area contributed by atoms with Gasteiger partial charge in [0.15, 0.2) is 5.82 Å². The van der Waals surface area contributed by atoms with Crippen molar-refractivity contribution in [1.82, 2.24) is 15.3 Å². The van der Waals surface area contributed by atoms with Gasteiger partial charge in [-0.15, -0.1) is 0 Å². The van der Waals surface area contributed by atoms with Crippen LogP contribution in [-0.2, 0) is 17.8 Å². The molecule has 0 atom stereocenters. The van der Waals surface area contributed by atoms with Crippen LogP contribution in [0.4, 0.5) is 5.82 Å². The molecule has 0 aliphatic carbocycles. The second kappa shape index (κ2) is 10.8. The van der Waals surface area contributed by atoms with Gasteiger partial charge < -0.3 is 19.7 Å². The minimum atomic E-state index is -0.0291. The molecular formula is C26H30N4O3. The van der Waals surface area contributed by atoms with Crippen LogP contribution in [0.5, 0.6) is 17.4 Å². The number of amides is 1. The SMILES string of the molecule is CCc1ccc(Oc2nccnc2N2CCC(C(=O)NCc3ccccc3OC)CC2)cc1. The first-order chi connectivity index (χ1) is 16.2. The number of anilines is 1. The van der Waals surface area contributed by atoms with E-state index in [1.165, 1.54) is 5.56 Å². The average Bonchev–Trinajstić information content (AvgIpc) is 2.88. The molecule has 172 valence electrons. The molecule has 3 aromatic rings. The first-order valence-electron chi connectivity index (χ1n) is 11.4. The molecule has 1 fully saturated rings. The van der Waals surface area contributed by atoms with Crippen LogP contribution in [0.15, 0.2) is 60.9 Å². The van der Waals surface area contributed by atoms with E-state index in [0.29, 0.717) is 18.2 Å². The van der Waals surface area contributed by atoms with Crippen LogP contribution in [0, 0.1) is 5.92 Å². The summed E-state index contributed by atoms with van der Waals surface area (Å²) in [6, 6.07) is 15.8. The van der Waals surface area contributed by atoms with E-state index < -0.39 is 0 Å². The van der Waals surface area contributed by atoms with Gasteiger partial charge in [-0.1, -0.05) is 37.3 Å². The predicted octanol–water partition coefficient (Wildman–Crippen LogP) is 4.37. The Kier molecular flexibility index (Phi) is 7.40. The Morgan fingerprint density at radius 3 is 2.52 bits per heavy atom. The van der Waals surface area contributed by atoms with Crippen molar-refractivity contribution in [2.75, 3.05) is 25.1 Å². The molecule has 4 rings (SSSR count). The highest BCUT2D eigenvalue weighted by Crippen LogP contribution is 2.31. The summed E-state index contributed by atoms with van der Waals surface area (Å²) >= 11 is 0. The van der Waals surface area contributed by atoms with Crippen LogP contribution in [0.3, 0.4) is 0 Å². The maximum Gasteiger partial charge on any atom is 0.263 e. The highest BCUT2D eigenvalue weighted by molar-refractivity contribution is 5.79. The molecule has 0 bridgehead atoms. The van der Waals surface area contributed by atoms with Gasteiger partial charge >= 0.3 is 0 Å². The number of benzene rings is 2. The lowest BCUT2D eigenvalue weighted by atomic mass is 9.96. The van der Waals surface area contributed by atoms with E-state index in [0.717, 1.165) is 49.4 Å². The standard InChI is InChI=1S/C26H30N4O3/c1-3-19-8-10-22(11-9-19)33-26-24(27-14-15-28-26)30-16-12-20(13-17-30)25(31)29-18-21-6-4-5-7-23(21)32-2/h4-11,14-15,20H,3,12-13,16-18H2,1-2H3,(H,29,31). The number of hydrogen-bond acceptors (Lipinski definition) is 6. The normalized spacial score (nSPS) is 14.1. The van der Waals surface area contributed by atoms with Crippen LogP contribution in [-0.4, -0.2) is 36.1 Å². The number of aryl methyl sites for hydroxylation is 1. The zero-order chi connectivity index (χ0) is 23.0. The van der Waals surface area contributed by atoms with Crippen molar-refractivity contribution in [2.45, 2.75) is 32.7 Å². The third-order valence-electron chi connectivity index (χ3n) is 6.00. The maximum absolute atomic E-state index is 12.8. The van der Waals surface area contributed by atoms with E-state index in [2.05, 4.69) is 39.2 Å². The van der Waals surface area contributed by atoms with Crippen molar-refractivity contribution in [1.29, 1.82) is 0 Å². The minimum absolute atomic E-state index is 0.0291. The Morgan fingerprint density at radius 1 is 1.06 bits per heavy atom. The maximum atomic E-state index is 12.8. The van der Waals surface area contributed by atoms with Crippen molar-refractivity contribution in [3.63, 3.8) is 0 Å². The molecule has 1 aromatic heterocycles. The number of ether oxygens (including phenoxy) is 2. The molecule has 7 nitrogen and oxygen atoms in total. The lowest BCUT2D eigenvalue weighted by Crippen LogP contribution is -2.40. The van der Waals surface area contributed by atoms with Crippen LogP contribution in [0.1, 0.15) is 30.9 Å². The Bertz CT molecular complexity index is 1060. The van der Waals surface area contributed by atoms with E-state index >= 15 is 0 Å². The van der Waals surface area contributed by atoms with Crippen molar-refractivity contribution in [3.05, 3.63) is 72.1 Å². The number of nitrogens with zero attached hydrogens (tertiary/aromatic N) is 3. The Labute approximate surface area is 194 Å². The largest absolute Gasteiger partial charge is 0.496 e. The molecule has 0 spiro atoms. The summed E-state index contributed by atoms with van der Waals surface area (Å²) in [5, 5.41) is 3.06. The topological polar surface area (TPSA) is 76.6 Å². The zero-order valence-electron chi connectivity index (χ0n) is 19.2. The number of methoxy groups -OCH3 is 1. The van der Waals surface area contributed by atoms with Gasteiger partial charge in [0.05, 0.1) is 7.11 Å². The first-order valence-corrected chi connectivity index (χ1v) is 11.4. The number of hydrogen-bond donors (Lipinski definition) is 1. The molecular weight excluding hydrogens is 416 g/mol. The smallest absolute Gasteiger partial charge is 0.263 e. The molecule has 1 aliphatic rings. The van der Waals surface area contributed by atoms with E-state index in [1.807, 2.05) is 36.4 Å². The van der Waals surface area contributed by atoms with Gasteiger partial charge in [0.1, 0.15) is 11.5 Å². The van der Waals surface area contributed by atoms with Crippen LogP contribution < -0.4 is 19.7 Å². The van der Waals surface area contributed by atoms with Crippen molar-refractivity contribution >= 4 is 11.7 Å². The lowest BCUT2D eigenvalue weighted by Gasteiger charge is -2.32. The molecule has 1 saturated heterocycles. The molecule has 0 radical (unpaired) electrons. The van der Waals surface area contributed by atoms with E-state index in [-0.39, 0.29) is 11.8 Å². The predicted molar refractivity (Wildman–Crippen MR) is 128 cm³/mol. The van der Waals surface area contributed by atoms with Crippen molar-refractivity contribution < 1.29 is 14.3 Å². The third kappa shape index (κ3) is 5.61. The summed E-state index contributed by atoms with van der Waals surface area (Å²) in [5.74, 6) is 2.77. The highest BCUT2D eigenvalue weighted by atomic mass is 16.5. The fourth-order valence-corrected chi connectivity index (χ4v) is 4.04. The molecule has 1 amide bonds. The first kappa shape index (κ1) is 22.6. The van der Waals surface area contributed by atoms with Gasteiger partial charge in [-0.3, -0.25) is 4.79 Å². The van der Waals surface area contributed by atoms with Crippen LogP contribution in [0.2, 0.25) is 0 Å². The number of nitrogens with one attached hydrogen (secondary N) is 1. The van der Waals surface area contributed by atoms with E-state index in [9.17, 15) is 4.79 Å². The van der Waals surface area contributed by atoms with E-state index in [1.54, 1.807) is 19.5 Å². The summed E-state index contributed by atoms with van der Waals surface area (Å²) < 4.78 is 11.4. The second-order valence-electron chi connectivity index (χ2n) is 8.08. The quantitative estimate of drug-likeness (QED) is 0.554. The lowest BCUT2D eigenvalue weighted by molar-refractivity contribution is -0.125. The van der Waals surface area contributed by atoms with Gasteiger partial charge in [-0.2, -0.15) is 0 Å². The number of piperidine rings is 1. The van der Waals surface area contributed by atoms with Gasteiger partial charge in [0, 0.05) is 43.5 Å². The summed E-state index contributed by atoms with van der Waals surface area (Å²) in [4.78, 5) is 23.8. The molecule has 7 heteroatoms. The van der Waals surface area contributed by atoms with E-state index in [4.69, 9.17) is 9.47 Å². The van der Waals surface area contributed by atoms with Crippen molar-refractivity contribution in [3.8, 4) is 17.4 Å². The Hall–Kier alpha value is -3.61. The fourth-order valence-electron chi connectivity index (χ4n) is 4.04. The number of rotatable bonds is 8. The molecule has 2 aromatic carbocycles. The van der Waals surface area contributed by atoms with Crippen LogP contribution >= 0.6 is 0 Å². The Morgan fingerprint density at radius 2 is 1.79 bits per heavy atom.